The van der Waals surface area contributed by atoms with Crippen LogP contribution in [0.25, 0.3) is 10.8 Å². The van der Waals surface area contributed by atoms with Gasteiger partial charge in [0.15, 0.2) is 0 Å². The molecule has 30 heavy (non-hydrogen) atoms. The highest BCUT2D eigenvalue weighted by Gasteiger charge is 2.12. The van der Waals surface area contributed by atoms with E-state index in [4.69, 9.17) is 4.74 Å². The summed E-state index contributed by atoms with van der Waals surface area (Å²) in [5.74, 6) is 0.586. The van der Waals surface area contributed by atoms with Gasteiger partial charge in [0.1, 0.15) is 12.4 Å². The van der Waals surface area contributed by atoms with Crippen LogP contribution in [-0.4, -0.2) is 12.1 Å². The van der Waals surface area contributed by atoms with Crippen molar-refractivity contribution >= 4 is 22.9 Å². The molecule has 0 atom stereocenters. The monoisotopic (exact) mass is 394 g/mol. The highest BCUT2D eigenvalue weighted by atomic mass is 16.5. The third kappa shape index (κ3) is 4.39. The van der Waals surface area contributed by atoms with Gasteiger partial charge < -0.3 is 4.74 Å². The van der Waals surface area contributed by atoms with Gasteiger partial charge in [0.2, 0.25) is 0 Å². The van der Waals surface area contributed by atoms with E-state index in [-0.39, 0.29) is 5.91 Å². The number of nitrogens with one attached hydrogen (secondary N) is 1. The molecule has 0 heterocycles. The molecule has 0 saturated carbocycles. The zero-order valence-corrected chi connectivity index (χ0v) is 16.7. The molecule has 0 aliphatic heterocycles. The number of hydrogen-bond acceptors (Lipinski definition) is 3. The molecule has 4 heteroatoms. The minimum absolute atomic E-state index is 0.224. The minimum atomic E-state index is -0.224. The predicted molar refractivity (Wildman–Crippen MR) is 121 cm³/mol. The molecule has 148 valence electrons. The Labute approximate surface area is 175 Å². The number of aryl methyl sites for hydroxylation is 1. The number of hydrogen-bond donors (Lipinski definition) is 1. The normalized spacial score (nSPS) is 11.0. The van der Waals surface area contributed by atoms with Crippen LogP contribution in [0.3, 0.4) is 0 Å². The summed E-state index contributed by atoms with van der Waals surface area (Å²) in [5.41, 5.74) is 6.11. The van der Waals surface area contributed by atoms with Crippen LogP contribution in [-0.2, 0) is 6.61 Å². The number of ether oxygens (including phenoxy) is 1. The third-order valence-electron chi connectivity index (χ3n) is 4.93. The van der Waals surface area contributed by atoms with Crippen molar-refractivity contribution in [3.63, 3.8) is 0 Å². The van der Waals surface area contributed by atoms with Gasteiger partial charge in [-0.15, -0.1) is 0 Å². The Bertz CT molecular complexity index is 1200. The van der Waals surface area contributed by atoms with Crippen LogP contribution in [0.1, 0.15) is 27.0 Å². The average molecular weight is 394 g/mol. The van der Waals surface area contributed by atoms with E-state index in [1.807, 2.05) is 97.9 Å². The Morgan fingerprint density at radius 2 is 1.63 bits per heavy atom. The van der Waals surface area contributed by atoms with Gasteiger partial charge in [-0.05, 0) is 41.0 Å². The number of nitrogens with zero attached hydrogens (tertiary/aromatic N) is 1. The number of para-hydroxylation sites is 1. The number of rotatable bonds is 6. The van der Waals surface area contributed by atoms with Crippen LogP contribution >= 0.6 is 0 Å². The van der Waals surface area contributed by atoms with Crippen molar-refractivity contribution < 1.29 is 9.53 Å². The fourth-order valence-corrected chi connectivity index (χ4v) is 3.37. The molecule has 4 rings (SSSR count). The molecular formula is C26H22N2O2. The van der Waals surface area contributed by atoms with Crippen molar-refractivity contribution in [2.75, 3.05) is 0 Å². The fraction of sp³-hybridized carbons (Fsp3) is 0.0769. The van der Waals surface area contributed by atoms with Gasteiger partial charge in [-0.2, -0.15) is 5.10 Å². The van der Waals surface area contributed by atoms with Gasteiger partial charge in [0, 0.05) is 5.56 Å². The Morgan fingerprint density at radius 1 is 0.900 bits per heavy atom. The van der Waals surface area contributed by atoms with Crippen LogP contribution < -0.4 is 10.2 Å². The molecule has 4 aromatic carbocycles. The molecular weight excluding hydrogens is 372 g/mol. The van der Waals surface area contributed by atoms with Crippen molar-refractivity contribution in [2.45, 2.75) is 13.5 Å². The number of hydrazone groups is 1. The van der Waals surface area contributed by atoms with Crippen LogP contribution in [0, 0.1) is 6.92 Å². The molecule has 1 amide bonds. The first-order valence-corrected chi connectivity index (χ1v) is 9.80. The van der Waals surface area contributed by atoms with E-state index in [2.05, 4.69) is 10.5 Å². The molecule has 0 aromatic heterocycles. The van der Waals surface area contributed by atoms with Crippen molar-refractivity contribution in [3.05, 3.63) is 113 Å². The summed E-state index contributed by atoms with van der Waals surface area (Å²) in [4.78, 5) is 12.8. The lowest BCUT2D eigenvalue weighted by Gasteiger charge is -2.10. The number of carbonyl (C=O) groups excluding carboxylic acids is 1. The Morgan fingerprint density at radius 3 is 2.50 bits per heavy atom. The van der Waals surface area contributed by atoms with E-state index in [1.165, 1.54) is 0 Å². The first kappa shape index (κ1) is 19.4. The summed E-state index contributed by atoms with van der Waals surface area (Å²) in [6, 6.07) is 29.3. The second-order valence-electron chi connectivity index (χ2n) is 6.98. The molecule has 4 aromatic rings. The van der Waals surface area contributed by atoms with Crippen LogP contribution in [0.4, 0.5) is 0 Å². The predicted octanol–water partition coefficient (Wildman–Crippen LogP) is 5.49. The van der Waals surface area contributed by atoms with Crippen LogP contribution in [0.15, 0.2) is 96.1 Å². The highest BCUT2D eigenvalue weighted by molar-refractivity contribution is 6.08. The summed E-state index contributed by atoms with van der Waals surface area (Å²) in [5, 5.41) is 6.15. The average Bonchev–Trinajstić information content (AvgIpc) is 2.79. The maximum absolute atomic E-state index is 12.8. The number of benzene rings is 4. The molecule has 0 aliphatic rings. The molecule has 0 fully saturated rings. The number of carbonyl (C=O) groups is 1. The summed E-state index contributed by atoms with van der Waals surface area (Å²) in [6.45, 7) is 2.35. The molecule has 0 saturated heterocycles. The second kappa shape index (κ2) is 9.05. The number of amides is 1. The van der Waals surface area contributed by atoms with Gasteiger partial charge in [-0.3, -0.25) is 4.79 Å². The van der Waals surface area contributed by atoms with Crippen LogP contribution in [0.5, 0.6) is 5.75 Å². The maximum atomic E-state index is 12.8. The lowest BCUT2D eigenvalue weighted by Crippen LogP contribution is -2.19. The largest absolute Gasteiger partial charge is 0.489 e. The van der Waals surface area contributed by atoms with Gasteiger partial charge in [0.05, 0.1) is 11.8 Å². The van der Waals surface area contributed by atoms with Crippen molar-refractivity contribution in [3.8, 4) is 5.75 Å². The molecule has 0 radical (unpaired) electrons. The van der Waals surface area contributed by atoms with Gasteiger partial charge in [0.25, 0.3) is 5.91 Å². The topological polar surface area (TPSA) is 50.7 Å². The van der Waals surface area contributed by atoms with Crippen LogP contribution in [0.2, 0.25) is 0 Å². The molecule has 4 nitrogen and oxygen atoms in total. The highest BCUT2D eigenvalue weighted by Crippen LogP contribution is 2.22. The SMILES string of the molecule is Cc1ccc2ccccc2c1C(=O)N/N=C\c1ccccc1COc1ccccc1. The Kier molecular flexibility index (Phi) is 5.85. The zero-order valence-electron chi connectivity index (χ0n) is 16.7. The van der Waals surface area contributed by atoms with Gasteiger partial charge in [-0.1, -0.05) is 78.9 Å². The fourth-order valence-electron chi connectivity index (χ4n) is 3.37. The van der Waals surface area contributed by atoms with E-state index in [1.54, 1.807) is 6.21 Å². The Hall–Kier alpha value is -3.92. The summed E-state index contributed by atoms with van der Waals surface area (Å²) in [6.07, 6.45) is 1.65. The summed E-state index contributed by atoms with van der Waals surface area (Å²) < 4.78 is 5.84. The Balaban J connectivity index is 1.49. The van der Waals surface area contributed by atoms with Gasteiger partial charge >= 0.3 is 0 Å². The molecule has 0 bridgehead atoms. The first-order valence-electron chi connectivity index (χ1n) is 9.80. The lowest BCUT2D eigenvalue weighted by molar-refractivity contribution is 0.0956. The lowest BCUT2D eigenvalue weighted by atomic mass is 9.99. The molecule has 1 N–H and O–H groups in total. The molecule has 0 spiro atoms. The first-order chi connectivity index (χ1) is 14.7. The summed E-state index contributed by atoms with van der Waals surface area (Å²) >= 11 is 0. The van der Waals surface area contributed by atoms with Crippen molar-refractivity contribution in [1.82, 2.24) is 5.43 Å². The van der Waals surface area contributed by atoms with E-state index >= 15 is 0 Å². The van der Waals surface area contributed by atoms with E-state index in [9.17, 15) is 4.79 Å². The van der Waals surface area contributed by atoms with Crippen molar-refractivity contribution in [2.24, 2.45) is 5.10 Å². The van der Waals surface area contributed by atoms with Gasteiger partial charge in [-0.25, -0.2) is 5.43 Å². The quantitative estimate of drug-likeness (QED) is 0.347. The molecule has 0 unspecified atom stereocenters. The zero-order chi connectivity index (χ0) is 20.8. The van der Waals surface area contributed by atoms with E-state index in [0.29, 0.717) is 12.2 Å². The maximum Gasteiger partial charge on any atom is 0.272 e. The van der Waals surface area contributed by atoms with E-state index in [0.717, 1.165) is 33.2 Å². The van der Waals surface area contributed by atoms with E-state index < -0.39 is 0 Å². The third-order valence-corrected chi connectivity index (χ3v) is 4.93. The van der Waals surface area contributed by atoms with Crippen molar-refractivity contribution in [1.29, 1.82) is 0 Å². The smallest absolute Gasteiger partial charge is 0.272 e. The second-order valence-corrected chi connectivity index (χ2v) is 6.98. The summed E-state index contributed by atoms with van der Waals surface area (Å²) in [7, 11) is 0. The minimum Gasteiger partial charge on any atom is -0.489 e. The number of fused-ring (bicyclic) bond motifs is 1. The standard InChI is InChI=1S/C26H22N2O2/c1-19-15-16-20-9-7-8-14-24(20)25(19)26(29)28-27-17-21-10-5-6-11-22(21)18-30-23-12-3-2-4-13-23/h2-17H,18H2,1H3,(H,28,29)/b27-17-. The molecule has 0 aliphatic carbocycles.